The standard InChI is InChI=1S/C20H20ClN5O/c1-26(11-8-15-6-9-22-10-7-15)20-24-13-17(14-25-20)19(27)23-12-16-4-2-3-5-18(16)21/h2-7,9-10,13-14H,8,11-12H2,1H3,(H,23,27). The van der Waals surface area contributed by atoms with Crippen molar-refractivity contribution >= 4 is 23.5 Å². The zero-order chi connectivity index (χ0) is 19.1. The smallest absolute Gasteiger partial charge is 0.254 e. The van der Waals surface area contributed by atoms with Crippen molar-refractivity contribution in [1.82, 2.24) is 20.3 Å². The summed E-state index contributed by atoms with van der Waals surface area (Å²) in [5.74, 6) is 0.340. The molecule has 0 unspecified atom stereocenters. The van der Waals surface area contributed by atoms with Crippen LogP contribution in [0.5, 0.6) is 0 Å². The molecule has 0 aliphatic carbocycles. The van der Waals surface area contributed by atoms with Gasteiger partial charge >= 0.3 is 0 Å². The Labute approximate surface area is 163 Å². The Morgan fingerprint density at radius 2 is 1.81 bits per heavy atom. The van der Waals surface area contributed by atoms with Gasteiger partial charge in [-0.2, -0.15) is 0 Å². The predicted octanol–water partition coefficient (Wildman–Crippen LogP) is 3.13. The van der Waals surface area contributed by atoms with Gasteiger partial charge in [0.05, 0.1) is 5.56 Å². The third kappa shape index (κ3) is 5.24. The molecule has 2 heterocycles. The van der Waals surface area contributed by atoms with Gasteiger partial charge in [-0.05, 0) is 35.7 Å². The molecule has 0 spiro atoms. The second kappa shape index (κ2) is 9.09. The lowest BCUT2D eigenvalue weighted by atomic mass is 10.2. The molecular weight excluding hydrogens is 362 g/mol. The van der Waals surface area contributed by atoms with E-state index in [-0.39, 0.29) is 5.91 Å². The number of anilines is 1. The number of rotatable bonds is 7. The summed E-state index contributed by atoms with van der Waals surface area (Å²) in [5, 5.41) is 3.45. The molecule has 0 radical (unpaired) electrons. The molecule has 2 aromatic heterocycles. The SMILES string of the molecule is CN(CCc1ccncc1)c1ncc(C(=O)NCc2ccccc2Cl)cn1. The summed E-state index contributed by atoms with van der Waals surface area (Å²) in [4.78, 5) is 26.8. The highest BCUT2D eigenvalue weighted by Gasteiger charge is 2.10. The van der Waals surface area contributed by atoms with Crippen LogP contribution in [0.1, 0.15) is 21.5 Å². The molecule has 1 aromatic carbocycles. The number of hydrogen-bond acceptors (Lipinski definition) is 5. The highest BCUT2D eigenvalue weighted by Crippen LogP contribution is 2.14. The number of pyridine rings is 1. The number of aromatic nitrogens is 3. The summed E-state index contributed by atoms with van der Waals surface area (Å²) >= 11 is 6.10. The maximum absolute atomic E-state index is 12.3. The average molecular weight is 382 g/mol. The fraction of sp³-hybridized carbons (Fsp3) is 0.200. The van der Waals surface area contributed by atoms with Crippen molar-refractivity contribution in [3.63, 3.8) is 0 Å². The molecule has 0 bridgehead atoms. The van der Waals surface area contributed by atoms with E-state index in [4.69, 9.17) is 11.6 Å². The highest BCUT2D eigenvalue weighted by atomic mass is 35.5. The van der Waals surface area contributed by atoms with E-state index in [1.165, 1.54) is 18.0 Å². The molecular formula is C20H20ClN5O. The van der Waals surface area contributed by atoms with Crippen molar-refractivity contribution in [2.24, 2.45) is 0 Å². The van der Waals surface area contributed by atoms with Crippen LogP contribution in [0.4, 0.5) is 5.95 Å². The molecule has 0 saturated heterocycles. The molecule has 0 saturated carbocycles. The molecule has 3 aromatic rings. The van der Waals surface area contributed by atoms with E-state index in [0.717, 1.165) is 18.5 Å². The molecule has 0 atom stereocenters. The van der Waals surface area contributed by atoms with Crippen molar-refractivity contribution in [2.45, 2.75) is 13.0 Å². The summed E-state index contributed by atoms with van der Waals surface area (Å²) in [6.07, 6.45) is 7.49. The lowest BCUT2D eigenvalue weighted by Gasteiger charge is -2.16. The number of hydrogen-bond donors (Lipinski definition) is 1. The molecule has 7 heteroatoms. The summed E-state index contributed by atoms with van der Waals surface area (Å²) in [7, 11) is 1.92. The Kier molecular flexibility index (Phi) is 6.33. The third-order valence-corrected chi connectivity index (χ3v) is 4.49. The zero-order valence-corrected chi connectivity index (χ0v) is 15.7. The second-order valence-electron chi connectivity index (χ2n) is 6.07. The molecule has 0 aliphatic rings. The van der Waals surface area contributed by atoms with Crippen LogP contribution in [-0.2, 0) is 13.0 Å². The number of nitrogens with zero attached hydrogens (tertiary/aromatic N) is 4. The number of amides is 1. The Hall–Kier alpha value is -2.99. The molecule has 27 heavy (non-hydrogen) atoms. The average Bonchev–Trinajstić information content (AvgIpc) is 2.72. The van der Waals surface area contributed by atoms with Crippen molar-refractivity contribution in [1.29, 1.82) is 0 Å². The summed E-state index contributed by atoms with van der Waals surface area (Å²) in [6.45, 7) is 1.12. The van der Waals surface area contributed by atoms with Crippen LogP contribution in [0.15, 0.2) is 61.2 Å². The Morgan fingerprint density at radius 1 is 1.11 bits per heavy atom. The van der Waals surface area contributed by atoms with Crippen LogP contribution in [0.25, 0.3) is 0 Å². The van der Waals surface area contributed by atoms with Gasteiger partial charge in [-0.1, -0.05) is 29.8 Å². The summed E-state index contributed by atoms with van der Waals surface area (Å²) in [6, 6.07) is 11.4. The minimum atomic E-state index is -0.235. The minimum absolute atomic E-state index is 0.235. The van der Waals surface area contributed by atoms with E-state index in [2.05, 4.69) is 20.3 Å². The van der Waals surface area contributed by atoms with E-state index in [1.54, 1.807) is 18.5 Å². The van der Waals surface area contributed by atoms with Gasteiger partial charge in [-0.15, -0.1) is 0 Å². The number of carbonyl (C=O) groups excluding carboxylic acids is 1. The molecule has 3 rings (SSSR count). The number of benzene rings is 1. The third-order valence-electron chi connectivity index (χ3n) is 4.12. The molecule has 1 N–H and O–H groups in total. The van der Waals surface area contributed by atoms with Gasteiger partial charge in [-0.25, -0.2) is 9.97 Å². The van der Waals surface area contributed by atoms with E-state index in [9.17, 15) is 4.79 Å². The maximum Gasteiger partial charge on any atom is 0.254 e. The Morgan fingerprint density at radius 3 is 2.52 bits per heavy atom. The van der Waals surface area contributed by atoms with Gasteiger partial charge in [0, 0.05) is 49.9 Å². The lowest BCUT2D eigenvalue weighted by Crippen LogP contribution is -2.25. The fourth-order valence-corrected chi connectivity index (χ4v) is 2.70. The summed E-state index contributed by atoms with van der Waals surface area (Å²) < 4.78 is 0. The molecule has 0 fully saturated rings. The first kappa shape index (κ1) is 18.8. The molecule has 6 nitrogen and oxygen atoms in total. The zero-order valence-electron chi connectivity index (χ0n) is 15.0. The fourth-order valence-electron chi connectivity index (χ4n) is 2.50. The van der Waals surface area contributed by atoms with Gasteiger partial charge < -0.3 is 10.2 Å². The van der Waals surface area contributed by atoms with E-state index < -0.39 is 0 Å². The van der Waals surface area contributed by atoms with Crippen LogP contribution in [0, 0.1) is 0 Å². The maximum atomic E-state index is 12.3. The van der Waals surface area contributed by atoms with Gasteiger partial charge in [0.15, 0.2) is 0 Å². The Bertz CT molecular complexity index is 886. The van der Waals surface area contributed by atoms with E-state index >= 15 is 0 Å². The van der Waals surface area contributed by atoms with Gasteiger partial charge in [0.2, 0.25) is 5.95 Å². The minimum Gasteiger partial charge on any atom is -0.348 e. The highest BCUT2D eigenvalue weighted by molar-refractivity contribution is 6.31. The van der Waals surface area contributed by atoms with Crippen molar-refractivity contribution in [3.8, 4) is 0 Å². The molecule has 138 valence electrons. The number of carbonyl (C=O) groups is 1. The van der Waals surface area contributed by atoms with Gasteiger partial charge in [-0.3, -0.25) is 9.78 Å². The summed E-state index contributed by atoms with van der Waals surface area (Å²) in [5.41, 5.74) is 2.47. The normalized spacial score (nSPS) is 10.4. The van der Waals surface area contributed by atoms with Crippen molar-refractivity contribution < 1.29 is 4.79 Å². The molecule has 1 amide bonds. The van der Waals surface area contributed by atoms with Crippen molar-refractivity contribution in [2.75, 3.05) is 18.5 Å². The quantitative estimate of drug-likeness (QED) is 0.680. The first-order valence-corrected chi connectivity index (χ1v) is 8.95. The van der Waals surface area contributed by atoms with Crippen LogP contribution in [-0.4, -0.2) is 34.5 Å². The first-order chi connectivity index (χ1) is 13.1. The monoisotopic (exact) mass is 381 g/mol. The van der Waals surface area contributed by atoms with E-state index in [0.29, 0.717) is 23.1 Å². The van der Waals surface area contributed by atoms with Gasteiger partial charge in [0.1, 0.15) is 0 Å². The van der Waals surface area contributed by atoms with Crippen molar-refractivity contribution in [3.05, 3.63) is 82.9 Å². The van der Waals surface area contributed by atoms with Crippen LogP contribution in [0.2, 0.25) is 5.02 Å². The first-order valence-electron chi connectivity index (χ1n) is 8.57. The topological polar surface area (TPSA) is 71.0 Å². The van der Waals surface area contributed by atoms with Gasteiger partial charge in [0.25, 0.3) is 5.91 Å². The number of likely N-dealkylation sites (N-methyl/N-ethyl adjacent to an activating group) is 1. The predicted molar refractivity (Wildman–Crippen MR) is 106 cm³/mol. The largest absolute Gasteiger partial charge is 0.348 e. The van der Waals surface area contributed by atoms with E-state index in [1.807, 2.05) is 42.3 Å². The van der Waals surface area contributed by atoms with Crippen LogP contribution >= 0.6 is 11.6 Å². The van der Waals surface area contributed by atoms with Crippen LogP contribution in [0.3, 0.4) is 0 Å². The second-order valence-corrected chi connectivity index (χ2v) is 6.48. The number of halogens is 1. The number of nitrogens with one attached hydrogen (secondary N) is 1. The van der Waals surface area contributed by atoms with Crippen LogP contribution < -0.4 is 10.2 Å². The molecule has 0 aliphatic heterocycles. The lowest BCUT2D eigenvalue weighted by molar-refractivity contribution is 0.0950. The Balaban J connectivity index is 1.54.